The summed E-state index contributed by atoms with van der Waals surface area (Å²) in [5.41, 5.74) is 0.894. The van der Waals surface area contributed by atoms with Crippen molar-refractivity contribution in [3.8, 4) is 0 Å². The lowest BCUT2D eigenvalue weighted by Crippen LogP contribution is -2.30. The largest absolute Gasteiger partial charge is 0.396 e. The number of hydrogen-bond acceptors (Lipinski definition) is 2. The van der Waals surface area contributed by atoms with Crippen molar-refractivity contribution >= 4 is 5.91 Å². The Morgan fingerprint density at radius 2 is 1.79 bits per heavy atom. The van der Waals surface area contributed by atoms with Crippen molar-refractivity contribution in [2.24, 2.45) is 5.92 Å². The highest BCUT2D eigenvalue weighted by molar-refractivity contribution is 5.83. The van der Waals surface area contributed by atoms with Crippen molar-refractivity contribution in [2.45, 2.75) is 24.8 Å². The number of carbonyl (C=O) groups excluding carboxylic acids is 1. The second kappa shape index (κ2) is 7.09. The lowest BCUT2D eigenvalue weighted by molar-refractivity contribution is -0.123. The Labute approximate surface area is 139 Å². The van der Waals surface area contributed by atoms with E-state index in [-0.39, 0.29) is 24.1 Å². The summed E-state index contributed by atoms with van der Waals surface area (Å²) in [6.07, 6.45) is 0.825. The van der Waals surface area contributed by atoms with Gasteiger partial charge in [0.1, 0.15) is 11.6 Å². The van der Waals surface area contributed by atoms with Gasteiger partial charge in [0.25, 0.3) is 0 Å². The summed E-state index contributed by atoms with van der Waals surface area (Å²) >= 11 is 0. The lowest BCUT2D eigenvalue weighted by atomic mass is 10.0. The van der Waals surface area contributed by atoms with E-state index in [2.05, 4.69) is 5.32 Å². The van der Waals surface area contributed by atoms with E-state index < -0.39 is 23.5 Å². The van der Waals surface area contributed by atoms with Gasteiger partial charge in [-0.15, -0.1) is 0 Å². The Morgan fingerprint density at radius 1 is 1.12 bits per heavy atom. The Hall–Kier alpha value is -2.27. The maximum atomic E-state index is 13.8. The molecule has 1 saturated carbocycles. The van der Waals surface area contributed by atoms with E-state index >= 15 is 0 Å². The normalized spacial score (nSPS) is 20.5. The standard InChI is InChI=1S/C19H19F2NO2/c20-15-7-4-8-16(21)18(15)13-11-14(13)19(24)22-17(9-10-23)12-5-2-1-3-6-12/h1-8,13-14,17,23H,9-11H2,(H,22,24). The fourth-order valence-corrected chi connectivity index (χ4v) is 3.08. The van der Waals surface area contributed by atoms with Crippen LogP contribution < -0.4 is 5.32 Å². The number of nitrogens with one attached hydrogen (secondary N) is 1. The molecule has 0 aliphatic heterocycles. The van der Waals surface area contributed by atoms with E-state index in [0.717, 1.165) is 5.56 Å². The SMILES string of the molecule is O=C(NC(CCO)c1ccccc1)C1CC1c1c(F)cccc1F. The van der Waals surface area contributed by atoms with Crippen molar-refractivity contribution < 1.29 is 18.7 Å². The van der Waals surface area contributed by atoms with Gasteiger partial charge in [0, 0.05) is 24.0 Å². The molecule has 0 heterocycles. The molecule has 0 saturated heterocycles. The molecule has 1 amide bonds. The zero-order chi connectivity index (χ0) is 17.1. The van der Waals surface area contributed by atoms with Crippen LogP contribution in [0.2, 0.25) is 0 Å². The Bertz CT molecular complexity index is 700. The number of aliphatic hydroxyl groups is 1. The average Bonchev–Trinajstić information content (AvgIpc) is 3.35. The predicted molar refractivity (Wildman–Crippen MR) is 86.2 cm³/mol. The molecular weight excluding hydrogens is 312 g/mol. The minimum absolute atomic E-state index is 0.00364. The third kappa shape index (κ3) is 3.46. The van der Waals surface area contributed by atoms with E-state index in [1.54, 1.807) is 0 Å². The minimum Gasteiger partial charge on any atom is -0.396 e. The molecule has 2 N–H and O–H groups in total. The molecule has 2 aromatic rings. The zero-order valence-electron chi connectivity index (χ0n) is 13.1. The summed E-state index contributed by atoms with van der Waals surface area (Å²) in [5, 5.41) is 12.1. The summed E-state index contributed by atoms with van der Waals surface area (Å²) < 4.78 is 27.6. The molecular formula is C19H19F2NO2. The van der Waals surface area contributed by atoms with Crippen molar-refractivity contribution in [1.29, 1.82) is 0 Å². The van der Waals surface area contributed by atoms with E-state index in [0.29, 0.717) is 12.8 Å². The van der Waals surface area contributed by atoms with E-state index in [1.807, 2.05) is 30.3 Å². The number of halogens is 2. The molecule has 1 aliphatic carbocycles. The van der Waals surface area contributed by atoms with Crippen LogP contribution in [0.25, 0.3) is 0 Å². The van der Waals surface area contributed by atoms with Crippen LogP contribution in [0.15, 0.2) is 48.5 Å². The van der Waals surface area contributed by atoms with E-state index in [4.69, 9.17) is 0 Å². The van der Waals surface area contributed by atoms with Crippen molar-refractivity contribution in [1.82, 2.24) is 5.32 Å². The smallest absolute Gasteiger partial charge is 0.224 e. The Morgan fingerprint density at radius 3 is 2.42 bits per heavy atom. The van der Waals surface area contributed by atoms with Gasteiger partial charge >= 0.3 is 0 Å². The maximum absolute atomic E-state index is 13.8. The van der Waals surface area contributed by atoms with Gasteiger partial charge in [-0.1, -0.05) is 36.4 Å². The summed E-state index contributed by atoms with van der Waals surface area (Å²) in [5.74, 6) is -2.29. The van der Waals surface area contributed by atoms with Crippen LogP contribution in [0.5, 0.6) is 0 Å². The second-order valence-electron chi connectivity index (χ2n) is 6.07. The van der Waals surface area contributed by atoms with Crippen LogP contribution in [0.1, 0.15) is 35.9 Å². The van der Waals surface area contributed by atoms with Crippen molar-refractivity contribution in [3.63, 3.8) is 0 Å². The fraction of sp³-hybridized carbons (Fsp3) is 0.316. The summed E-state index contributed by atoms with van der Waals surface area (Å²) in [6.45, 7) is -0.0596. The first-order valence-corrected chi connectivity index (χ1v) is 8.02. The van der Waals surface area contributed by atoms with Gasteiger partial charge in [-0.05, 0) is 30.5 Å². The van der Waals surface area contributed by atoms with Gasteiger partial charge in [-0.25, -0.2) is 8.78 Å². The zero-order valence-corrected chi connectivity index (χ0v) is 13.1. The number of rotatable bonds is 6. The molecule has 3 atom stereocenters. The van der Waals surface area contributed by atoms with E-state index in [1.165, 1.54) is 18.2 Å². The Balaban J connectivity index is 1.69. The summed E-state index contributed by atoms with van der Waals surface area (Å²) in [6, 6.07) is 12.8. The van der Waals surface area contributed by atoms with Gasteiger partial charge in [-0.3, -0.25) is 4.79 Å². The number of benzene rings is 2. The first kappa shape index (κ1) is 16.6. The molecule has 5 heteroatoms. The summed E-state index contributed by atoms with van der Waals surface area (Å²) in [4.78, 5) is 12.4. The van der Waals surface area contributed by atoms with Gasteiger partial charge in [-0.2, -0.15) is 0 Å². The monoisotopic (exact) mass is 331 g/mol. The maximum Gasteiger partial charge on any atom is 0.224 e. The quantitative estimate of drug-likeness (QED) is 0.853. The van der Waals surface area contributed by atoms with E-state index in [9.17, 15) is 18.7 Å². The van der Waals surface area contributed by atoms with Crippen LogP contribution in [0.3, 0.4) is 0 Å². The number of hydrogen-bond donors (Lipinski definition) is 2. The number of amides is 1. The molecule has 3 unspecified atom stereocenters. The molecule has 3 nitrogen and oxygen atoms in total. The molecule has 1 fully saturated rings. The molecule has 126 valence electrons. The first-order valence-electron chi connectivity index (χ1n) is 8.02. The molecule has 1 aliphatic rings. The van der Waals surface area contributed by atoms with Gasteiger partial charge in [0.05, 0.1) is 6.04 Å². The highest BCUT2D eigenvalue weighted by Crippen LogP contribution is 2.49. The average molecular weight is 331 g/mol. The molecule has 0 radical (unpaired) electrons. The van der Waals surface area contributed by atoms with Crippen molar-refractivity contribution in [3.05, 3.63) is 71.3 Å². The molecule has 0 bridgehead atoms. The third-order valence-corrected chi connectivity index (χ3v) is 4.43. The summed E-state index contributed by atoms with van der Waals surface area (Å²) in [7, 11) is 0. The molecule has 3 rings (SSSR count). The molecule has 24 heavy (non-hydrogen) atoms. The Kier molecular flexibility index (Phi) is 4.90. The molecule has 0 aromatic heterocycles. The van der Waals surface area contributed by atoms with Crippen molar-refractivity contribution in [2.75, 3.05) is 6.61 Å². The van der Waals surface area contributed by atoms with Crippen LogP contribution in [-0.2, 0) is 4.79 Å². The van der Waals surface area contributed by atoms with Crippen LogP contribution in [0, 0.1) is 17.6 Å². The number of aliphatic hydroxyl groups excluding tert-OH is 1. The predicted octanol–water partition coefficient (Wildman–Crippen LogP) is 3.31. The first-order chi connectivity index (χ1) is 11.6. The highest BCUT2D eigenvalue weighted by Gasteiger charge is 2.47. The lowest BCUT2D eigenvalue weighted by Gasteiger charge is -2.18. The molecule has 0 spiro atoms. The van der Waals surface area contributed by atoms with Gasteiger partial charge in [0.15, 0.2) is 0 Å². The topological polar surface area (TPSA) is 49.3 Å². The minimum atomic E-state index is -0.606. The number of carbonyl (C=O) groups is 1. The third-order valence-electron chi connectivity index (χ3n) is 4.43. The highest BCUT2D eigenvalue weighted by atomic mass is 19.1. The fourth-order valence-electron chi connectivity index (χ4n) is 3.08. The van der Waals surface area contributed by atoms with Crippen LogP contribution in [-0.4, -0.2) is 17.6 Å². The second-order valence-corrected chi connectivity index (χ2v) is 6.07. The molecule has 2 aromatic carbocycles. The van der Waals surface area contributed by atoms with Crippen LogP contribution in [0.4, 0.5) is 8.78 Å². The van der Waals surface area contributed by atoms with Gasteiger partial charge in [0.2, 0.25) is 5.91 Å². The van der Waals surface area contributed by atoms with Gasteiger partial charge < -0.3 is 10.4 Å². The van der Waals surface area contributed by atoms with Crippen LogP contribution >= 0.6 is 0 Å².